The lowest BCUT2D eigenvalue weighted by molar-refractivity contribution is 0.0535. The van der Waals surface area contributed by atoms with Crippen molar-refractivity contribution in [3.8, 4) is 5.69 Å². The minimum atomic E-state index is -0.730. The number of β-amino-alcohol motifs (C(OH)–C–C–N with tert-alkyl or cyclic N) is 1. The van der Waals surface area contributed by atoms with Gasteiger partial charge >= 0.3 is 11.7 Å². The summed E-state index contributed by atoms with van der Waals surface area (Å²) in [5, 5.41) is 15.6. The molecule has 0 spiro atoms. The molecule has 34 heavy (non-hydrogen) atoms. The van der Waals surface area contributed by atoms with E-state index in [2.05, 4.69) is 16.6 Å². The maximum absolute atomic E-state index is 13.0. The zero-order valence-electron chi connectivity index (χ0n) is 18.8. The third-order valence-corrected chi connectivity index (χ3v) is 6.98. The number of fused-ring (bicyclic) bond motifs is 3. The second kappa shape index (κ2) is 7.68. The summed E-state index contributed by atoms with van der Waals surface area (Å²) in [6.45, 7) is 8.46. The first-order valence-corrected chi connectivity index (χ1v) is 11.2. The Morgan fingerprint density at radius 2 is 1.94 bits per heavy atom. The molecule has 1 atom stereocenters. The smallest absolute Gasteiger partial charge is 0.350 e. The Morgan fingerprint density at radius 3 is 2.79 bits per heavy atom. The van der Waals surface area contributed by atoms with Gasteiger partial charge in [0.15, 0.2) is 0 Å². The fourth-order valence-corrected chi connectivity index (χ4v) is 5.04. The molecule has 1 N–H and O–H groups in total. The number of hydrogen-bond donors (Lipinski definition) is 1. The van der Waals surface area contributed by atoms with Gasteiger partial charge in [-0.05, 0) is 42.3 Å². The van der Waals surface area contributed by atoms with Gasteiger partial charge in [-0.2, -0.15) is 4.68 Å². The van der Waals surface area contributed by atoms with Crippen LogP contribution in [0.5, 0.6) is 0 Å². The fourth-order valence-electron chi connectivity index (χ4n) is 5.04. The van der Waals surface area contributed by atoms with E-state index in [1.165, 1.54) is 4.68 Å². The molecule has 0 amide bonds. The first kappa shape index (κ1) is 20.9. The van der Waals surface area contributed by atoms with E-state index < -0.39 is 6.10 Å². The van der Waals surface area contributed by atoms with Crippen LogP contribution in [-0.4, -0.2) is 43.4 Å². The molecule has 0 saturated heterocycles. The van der Waals surface area contributed by atoms with Crippen molar-refractivity contribution in [2.24, 2.45) is 0 Å². The molecule has 3 aromatic rings. The van der Waals surface area contributed by atoms with Crippen molar-refractivity contribution in [2.75, 3.05) is 13.1 Å². The van der Waals surface area contributed by atoms with E-state index in [9.17, 15) is 14.7 Å². The molecule has 1 aromatic heterocycles. The second-order valence-electron chi connectivity index (χ2n) is 8.95. The van der Waals surface area contributed by atoms with Crippen LogP contribution in [0.2, 0.25) is 0 Å². The number of aliphatic hydroxyl groups is 1. The van der Waals surface area contributed by atoms with Crippen molar-refractivity contribution < 1.29 is 19.4 Å². The minimum absolute atomic E-state index is 0.174. The summed E-state index contributed by atoms with van der Waals surface area (Å²) in [4.78, 5) is 26.9. The summed E-state index contributed by atoms with van der Waals surface area (Å²) in [5.41, 5.74) is 5.55. The normalized spacial score (nSPS) is 17.7. The number of hydrogen-bond acceptors (Lipinski definition) is 7. The predicted octanol–water partition coefficient (Wildman–Crippen LogP) is 2.06. The van der Waals surface area contributed by atoms with Crippen LogP contribution in [0.3, 0.4) is 0 Å². The van der Waals surface area contributed by atoms with Gasteiger partial charge < -0.3 is 14.6 Å². The number of cyclic esters (lactones) is 1. The largest absolute Gasteiger partial charge is 0.489 e. The number of benzene rings is 2. The molecule has 174 valence electrons. The highest BCUT2D eigenvalue weighted by Crippen LogP contribution is 2.31. The van der Waals surface area contributed by atoms with Crippen molar-refractivity contribution in [1.29, 1.82) is 0 Å². The Morgan fingerprint density at radius 1 is 1.12 bits per heavy atom. The van der Waals surface area contributed by atoms with Gasteiger partial charge in [-0.1, -0.05) is 12.6 Å². The molecular weight excluding hydrogens is 436 g/mol. The molecule has 0 radical (unpaired) electrons. The highest BCUT2D eigenvalue weighted by atomic mass is 16.5. The van der Waals surface area contributed by atoms with Crippen LogP contribution < -0.4 is 5.69 Å². The molecule has 9 heteroatoms. The fraction of sp³-hybridized carbons (Fsp3) is 0.320. The van der Waals surface area contributed by atoms with Crippen molar-refractivity contribution in [3.63, 3.8) is 0 Å². The highest BCUT2D eigenvalue weighted by molar-refractivity contribution is 5.93. The molecular formula is C25H24N4O5. The highest BCUT2D eigenvalue weighted by Gasteiger charge is 2.28. The molecule has 2 aromatic carbocycles. The molecule has 9 nitrogen and oxygen atoms in total. The number of carbonyl (C=O) groups is 1. The summed E-state index contributed by atoms with van der Waals surface area (Å²) >= 11 is 0. The quantitative estimate of drug-likeness (QED) is 0.595. The van der Waals surface area contributed by atoms with Crippen molar-refractivity contribution in [3.05, 3.63) is 86.6 Å². The Bertz CT molecular complexity index is 1420. The van der Waals surface area contributed by atoms with E-state index in [-0.39, 0.29) is 18.3 Å². The number of esters is 1. The second-order valence-corrected chi connectivity index (χ2v) is 8.95. The summed E-state index contributed by atoms with van der Waals surface area (Å²) < 4.78 is 13.7. The van der Waals surface area contributed by atoms with Crippen molar-refractivity contribution in [1.82, 2.24) is 19.2 Å². The summed E-state index contributed by atoms with van der Waals surface area (Å²) in [6.07, 6.45) is -0.730. The Hall–Kier alpha value is -3.69. The number of ether oxygens (including phenoxy) is 2. The zero-order valence-corrected chi connectivity index (χ0v) is 18.8. The molecule has 3 aliphatic heterocycles. The standard InChI is InChI=1S/C25H24N4O5/c1-14-18(5-6-20-21(14)13-34-24(20)31)22(30)10-27-7-8-28-23(11-27)26-29(25(28)32)17-3-4-19-15(2)33-12-16(19)9-17/h3-6,9,22,30H,2,7-8,10-13H2,1H3. The van der Waals surface area contributed by atoms with Gasteiger partial charge in [-0.3, -0.25) is 9.47 Å². The first-order chi connectivity index (χ1) is 16.4. The number of nitrogens with zero attached hydrogens (tertiary/aromatic N) is 4. The van der Waals surface area contributed by atoms with Gasteiger partial charge in [0.25, 0.3) is 0 Å². The van der Waals surface area contributed by atoms with Crippen LogP contribution in [0.1, 0.15) is 50.1 Å². The molecule has 0 fully saturated rings. The summed E-state index contributed by atoms with van der Waals surface area (Å²) in [6, 6.07) is 9.20. The molecule has 1 unspecified atom stereocenters. The maximum Gasteiger partial charge on any atom is 0.350 e. The Kier molecular flexibility index (Phi) is 4.72. The summed E-state index contributed by atoms with van der Waals surface area (Å²) in [5.74, 6) is 0.990. The van der Waals surface area contributed by atoms with E-state index in [1.807, 2.05) is 25.1 Å². The van der Waals surface area contributed by atoms with Crippen LogP contribution in [0, 0.1) is 6.92 Å². The van der Waals surface area contributed by atoms with Gasteiger partial charge in [-0.15, -0.1) is 5.10 Å². The Balaban J connectivity index is 1.22. The third kappa shape index (κ3) is 3.19. The van der Waals surface area contributed by atoms with E-state index >= 15 is 0 Å². The van der Waals surface area contributed by atoms with Crippen LogP contribution in [0.15, 0.2) is 41.7 Å². The topological polar surface area (TPSA) is 98.8 Å². The molecule has 6 rings (SSSR count). The number of rotatable bonds is 4. The average Bonchev–Trinajstić information content (AvgIpc) is 3.49. The first-order valence-electron chi connectivity index (χ1n) is 11.2. The zero-order chi connectivity index (χ0) is 23.6. The van der Waals surface area contributed by atoms with Crippen LogP contribution in [-0.2, 0) is 35.8 Å². The molecule has 4 heterocycles. The van der Waals surface area contributed by atoms with Gasteiger partial charge in [0.2, 0.25) is 0 Å². The lowest BCUT2D eigenvalue weighted by Crippen LogP contribution is -2.39. The van der Waals surface area contributed by atoms with Gasteiger partial charge in [0.1, 0.15) is 24.8 Å². The maximum atomic E-state index is 13.0. The van der Waals surface area contributed by atoms with Crippen LogP contribution >= 0.6 is 0 Å². The SMILES string of the molecule is C=C1OCc2cc(-n3nc4n(c3=O)CCN(CC(O)c3ccc5c(c3C)COC5=O)C4)ccc21. The predicted molar refractivity (Wildman–Crippen MR) is 122 cm³/mol. The van der Waals surface area contributed by atoms with Gasteiger partial charge in [0.05, 0.1) is 23.9 Å². The molecule has 3 aliphatic rings. The van der Waals surface area contributed by atoms with Crippen molar-refractivity contribution >= 4 is 11.7 Å². The summed E-state index contributed by atoms with van der Waals surface area (Å²) in [7, 11) is 0. The van der Waals surface area contributed by atoms with Crippen LogP contribution in [0.4, 0.5) is 0 Å². The van der Waals surface area contributed by atoms with E-state index in [1.54, 1.807) is 16.7 Å². The van der Waals surface area contributed by atoms with E-state index in [4.69, 9.17) is 9.47 Å². The number of aromatic nitrogens is 3. The van der Waals surface area contributed by atoms with E-state index in [0.717, 1.165) is 27.8 Å². The molecule has 0 saturated carbocycles. The lowest BCUT2D eigenvalue weighted by atomic mass is 9.95. The number of aliphatic hydroxyl groups excluding tert-OH is 1. The van der Waals surface area contributed by atoms with Crippen molar-refractivity contribution in [2.45, 2.75) is 39.3 Å². The Labute approximate surface area is 195 Å². The molecule has 0 aliphatic carbocycles. The van der Waals surface area contributed by atoms with E-state index in [0.29, 0.717) is 55.6 Å². The monoisotopic (exact) mass is 460 g/mol. The molecule has 0 bridgehead atoms. The van der Waals surface area contributed by atoms with Crippen LogP contribution in [0.25, 0.3) is 11.4 Å². The minimum Gasteiger partial charge on any atom is -0.489 e. The van der Waals surface area contributed by atoms with Gasteiger partial charge in [0, 0.05) is 36.3 Å². The lowest BCUT2D eigenvalue weighted by Gasteiger charge is -2.29. The van der Waals surface area contributed by atoms with Gasteiger partial charge in [-0.25, -0.2) is 9.59 Å². The average molecular weight is 460 g/mol. The third-order valence-electron chi connectivity index (χ3n) is 6.98. The number of carbonyl (C=O) groups excluding carboxylic acids is 1.